The van der Waals surface area contributed by atoms with Gasteiger partial charge in [-0.1, -0.05) is 12.1 Å². The zero-order valence-electron chi connectivity index (χ0n) is 9.29. The molecule has 1 aromatic rings. The summed E-state index contributed by atoms with van der Waals surface area (Å²) in [4.78, 5) is 0. The van der Waals surface area contributed by atoms with E-state index in [0.29, 0.717) is 6.04 Å². The van der Waals surface area contributed by atoms with Gasteiger partial charge in [0.05, 0.1) is 7.11 Å². The summed E-state index contributed by atoms with van der Waals surface area (Å²) in [7, 11) is 3.61. The summed E-state index contributed by atoms with van der Waals surface area (Å²) in [6.45, 7) is 0. The number of ether oxygens (including phenoxy) is 1. The maximum Gasteiger partial charge on any atom is 0.118 e. The molecule has 0 saturated heterocycles. The SMILES string of the molecule is C#CCC(Cc1ccc(OC)cc1)NC. The average molecular weight is 203 g/mol. The molecule has 0 aromatic heterocycles. The van der Waals surface area contributed by atoms with Crippen LogP contribution >= 0.6 is 0 Å². The molecule has 1 unspecified atom stereocenters. The summed E-state index contributed by atoms with van der Waals surface area (Å²) in [6.07, 6.45) is 7.00. The molecule has 1 N–H and O–H groups in total. The molecule has 0 radical (unpaired) electrons. The van der Waals surface area contributed by atoms with E-state index in [9.17, 15) is 0 Å². The van der Waals surface area contributed by atoms with E-state index in [4.69, 9.17) is 11.2 Å². The minimum absolute atomic E-state index is 0.350. The topological polar surface area (TPSA) is 21.3 Å². The first-order valence-electron chi connectivity index (χ1n) is 5.03. The maximum atomic E-state index is 5.29. The van der Waals surface area contributed by atoms with Gasteiger partial charge in [0.2, 0.25) is 0 Å². The van der Waals surface area contributed by atoms with Gasteiger partial charge in [-0.3, -0.25) is 0 Å². The van der Waals surface area contributed by atoms with Gasteiger partial charge in [-0.05, 0) is 31.2 Å². The molecular weight excluding hydrogens is 186 g/mol. The van der Waals surface area contributed by atoms with Crippen molar-refractivity contribution >= 4 is 0 Å². The zero-order valence-corrected chi connectivity index (χ0v) is 9.29. The molecule has 0 saturated carbocycles. The molecule has 0 aliphatic rings. The van der Waals surface area contributed by atoms with Gasteiger partial charge in [-0.2, -0.15) is 0 Å². The van der Waals surface area contributed by atoms with Crippen LogP contribution < -0.4 is 10.1 Å². The van der Waals surface area contributed by atoms with Gasteiger partial charge in [-0.25, -0.2) is 0 Å². The molecule has 0 heterocycles. The molecule has 80 valence electrons. The molecule has 0 fully saturated rings. The Bertz CT molecular complexity index is 323. The summed E-state index contributed by atoms with van der Waals surface area (Å²) < 4.78 is 5.10. The smallest absolute Gasteiger partial charge is 0.118 e. The summed E-state index contributed by atoms with van der Waals surface area (Å²) in [6, 6.07) is 8.43. The number of methoxy groups -OCH3 is 1. The van der Waals surface area contributed by atoms with Crippen molar-refractivity contribution < 1.29 is 4.74 Å². The van der Waals surface area contributed by atoms with E-state index in [2.05, 4.69) is 23.4 Å². The molecule has 2 nitrogen and oxygen atoms in total. The highest BCUT2D eigenvalue weighted by Gasteiger charge is 2.05. The van der Waals surface area contributed by atoms with Crippen LogP contribution in [0.25, 0.3) is 0 Å². The van der Waals surface area contributed by atoms with Crippen LogP contribution in [0.1, 0.15) is 12.0 Å². The highest BCUT2D eigenvalue weighted by Crippen LogP contribution is 2.13. The van der Waals surface area contributed by atoms with Crippen LogP contribution in [0.5, 0.6) is 5.75 Å². The van der Waals surface area contributed by atoms with Gasteiger partial charge in [-0.15, -0.1) is 12.3 Å². The van der Waals surface area contributed by atoms with Crippen molar-refractivity contribution in [2.45, 2.75) is 18.9 Å². The van der Waals surface area contributed by atoms with E-state index in [-0.39, 0.29) is 0 Å². The second-order valence-electron chi connectivity index (χ2n) is 3.45. The molecule has 0 amide bonds. The minimum Gasteiger partial charge on any atom is -0.497 e. The van der Waals surface area contributed by atoms with Gasteiger partial charge < -0.3 is 10.1 Å². The number of hydrogen-bond acceptors (Lipinski definition) is 2. The second kappa shape index (κ2) is 6.10. The fourth-order valence-corrected chi connectivity index (χ4v) is 1.46. The third kappa shape index (κ3) is 3.65. The van der Waals surface area contributed by atoms with Crippen LogP contribution in [0, 0.1) is 12.3 Å². The zero-order chi connectivity index (χ0) is 11.1. The summed E-state index contributed by atoms with van der Waals surface area (Å²) >= 11 is 0. The Morgan fingerprint density at radius 2 is 2.07 bits per heavy atom. The highest BCUT2D eigenvalue weighted by molar-refractivity contribution is 5.27. The lowest BCUT2D eigenvalue weighted by molar-refractivity contribution is 0.414. The third-order valence-electron chi connectivity index (χ3n) is 2.41. The Kier molecular flexibility index (Phi) is 4.73. The quantitative estimate of drug-likeness (QED) is 0.737. The molecule has 1 rings (SSSR count). The van der Waals surface area contributed by atoms with Crippen LogP contribution in [0.15, 0.2) is 24.3 Å². The van der Waals surface area contributed by atoms with Crippen molar-refractivity contribution in [1.29, 1.82) is 0 Å². The number of likely N-dealkylation sites (N-methyl/N-ethyl adjacent to an activating group) is 1. The van der Waals surface area contributed by atoms with E-state index >= 15 is 0 Å². The van der Waals surface area contributed by atoms with Crippen molar-refractivity contribution in [1.82, 2.24) is 5.32 Å². The second-order valence-corrected chi connectivity index (χ2v) is 3.45. The van der Waals surface area contributed by atoms with E-state index in [1.807, 2.05) is 19.2 Å². The van der Waals surface area contributed by atoms with E-state index in [1.54, 1.807) is 7.11 Å². The maximum absolute atomic E-state index is 5.29. The van der Waals surface area contributed by atoms with E-state index in [1.165, 1.54) is 5.56 Å². The molecule has 0 spiro atoms. The molecule has 1 atom stereocenters. The van der Waals surface area contributed by atoms with Crippen LogP contribution in [0.2, 0.25) is 0 Å². The summed E-state index contributed by atoms with van der Waals surface area (Å²) in [5.41, 5.74) is 1.27. The Morgan fingerprint density at radius 3 is 2.53 bits per heavy atom. The van der Waals surface area contributed by atoms with Crippen LogP contribution in [-0.2, 0) is 6.42 Å². The highest BCUT2D eigenvalue weighted by atomic mass is 16.5. The van der Waals surface area contributed by atoms with Gasteiger partial charge in [0, 0.05) is 12.5 Å². The Morgan fingerprint density at radius 1 is 1.40 bits per heavy atom. The molecule has 0 aliphatic carbocycles. The van der Waals surface area contributed by atoms with E-state index < -0.39 is 0 Å². The minimum atomic E-state index is 0.350. The summed E-state index contributed by atoms with van der Waals surface area (Å²) in [5, 5.41) is 3.21. The average Bonchev–Trinajstić information content (AvgIpc) is 2.29. The number of benzene rings is 1. The molecule has 2 heteroatoms. The largest absolute Gasteiger partial charge is 0.497 e. The Labute approximate surface area is 91.6 Å². The van der Waals surface area contributed by atoms with E-state index in [0.717, 1.165) is 18.6 Å². The fourth-order valence-electron chi connectivity index (χ4n) is 1.46. The first-order chi connectivity index (χ1) is 7.30. The van der Waals surface area contributed by atoms with Crippen LogP contribution in [0.4, 0.5) is 0 Å². The summed E-state index contributed by atoms with van der Waals surface area (Å²) in [5.74, 6) is 3.56. The molecule has 0 aliphatic heterocycles. The number of hydrogen-bond donors (Lipinski definition) is 1. The Balaban J connectivity index is 2.59. The van der Waals surface area contributed by atoms with Crippen molar-refractivity contribution in [3.05, 3.63) is 29.8 Å². The van der Waals surface area contributed by atoms with Gasteiger partial charge in [0.15, 0.2) is 0 Å². The Hall–Kier alpha value is -1.46. The standard InChI is InChI=1S/C13H17NO/c1-4-5-12(14-2)10-11-6-8-13(15-3)9-7-11/h1,6-9,12,14H,5,10H2,2-3H3. The van der Waals surface area contributed by atoms with Gasteiger partial charge in [0.25, 0.3) is 0 Å². The van der Waals surface area contributed by atoms with Gasteiger partial charge in [0.1, 0.15) is 5.75 Å². The monoisotopic (exact) mass is 203 g/mol. The first-order valence-corrected chi connectivity index (χ1v) is 5.03. The normalized spacial score (nSPS) is 11.8. The fraction of sp³-hybridized carbons (Fsp3) is 0.385. The van der Waals surface area contributed by atoms with Crippen molar-refractivity contribution in [2.24, 2.45) is 0 Å². The molecule has 1 aromatic carbocycles. The number of terminal acetylenes is 1. The van der Waals surface area contributed by atoms with Gasteiger partial charge >= 0.3 is 0 Å². The number of nitrogens with one attached hydrogen (secondary N) is 1. The lowest BCUT2D eigenvalue weighted by Crippen LogP contribution is -2.26. The first kappa shape index (κ1) is 11.6. The molecular formula is C13H17NO. The predicted molar refractivity (Wildman–Crippen MR) is 63.0 cm³/mol. The number of rotatable bonds is 5. The van der Waals surface area contributed by atoms with Crippen molar-refractivity contribution in [3.8, 4) is 18.1 Å². The molecule has 15 heavy (non-hydrogen) atoms. The van der Waals surface area contributed by atoms with Crippen molar-refractivity contribution in [2.75, 3.05) is 14.2 Å². The lowest BCUT2D eigenvalue weighted by Gasteiger charge is -2.13. The van der Waals surface area contributed by atoms with Crippen molar-refractivity contribution in [3.63, 3.8) is 0 Å². The lowest BCUT2D eigenvalue weighted by atomic mass is 10.0. The predicted octanol–water partition coefficient (Wildman–Crippen LogP) is 1.85. The van der Waals surface area contributed by atoms with Crippen LogP contribution in [0.3, 0.4) is 0 Å². The van der Waals surface area contributed by atoms with Crippen LogP contribution in [-0.4, -0.2) is 20.2 Å². The third-order valence-corrected chi connectivity index (χ3v) is 2.41. The molecule has 0 bridgehead atoms.